The molecule has 0 radical (unpaired) electrons. The fraction of sp³-hybridized carbons (Fsp3) is 0.538. The van der Waals surface area contributed by atoms with Gasteiger partial charge >= 0.3 is 0 Å². The maximum absolute atomic E-state index is 5.74. The summed E-state index contributed by atoms with van der Waals surface area (Å²) in [6.45, 7) is 2.39. The predicted molar refractivity (Wildman–Crippen MR) is 61.4 cm³/mol. The third kappa shape index (κ3) is 3.05. The molecule has 2 heteroatoms. The van der Waals surface area contributed by atoms with Crippen LogP contribution in [0.1, 0.15) is 24.8 Å². The van der Waals surface area contributed by atoms with E-state index in [1.807, 2.05) is 18.2 Å². The van der Waals surface area contributed by atoms with E-state index in [1.165, 1.54) is 18.4 Å². The molecule has 1 aromatic carbocycles. The van der Waals surface area contributed by atoms with Crippen LogP contribution in [0.4, 0.5) is 0 Å². The van der Waals surface area contributed by atoms with Crippen molar-refractivity contribution in [2.75, 3.05) is 13.2 Å². The zero-order valence-corrected chi connectivity index (χ0v) is 9.11. The minimum atomic E-state index is 0.434. The average molecular weight is 205 g/mol. The summed E-state index contributed by atoms with van der Waals surface area (Å²) in [6, 6.07) is 10.3. The normalized spacial score (nSPS) is 17.7. The fourth-order valence-corrected chi connectivity index (χ4v) is 1.91. The summed E-state index contributed by atoms with van der Waals surface area (Å²) in [5.41, 5.74) is 7.27. The summed E-state index contributed by atoms with van der Waals surface area (Å²) < 4.78 is 5.74. The number of hydrogen-bond acceptors (Lipinski definition) is 2. The number of rotatable bonds is 6. The molecular formula is C13H19NO. The zero-order chi connectivity index (χ0) is 10.6. The van der Waals surface area contributed by atoms with Crippen molar-refractivity contribution in [3.63, 3.8) is 0 Å². The van der Waals surface area contributed by atoms with E-state index < -0.39 is 0 Å². The van der Waals surface area contributed by atoms with Crippen molar-refractivity contribution in [1.82, 2.24) is 0 Å². The maximum Gasteiger partial charge on any atom is 0.0717 e. The summed E-state index contributed by atoms with van der Waals surface area (Å²) in [5, 5.41) is 0. The van der Waals surface area contributed by atoms with E-state index >= 15 is 0 Å². The predicted octanol–water partition coefficient (Wildman–Crippen LogP) is 2.33. The molecule has 0 aliphatic heterocycles. The number of hydrogen-bond donors (Lipinski definition) is 1. The molecule has 0 heterocycles. The number of nitrogens with two attached hydrogens (primary N) is 1. The van der Waals surface area contributed by atoms with Crippen molar-refractivity contribution in [2.24, 2.45) is 11.1 Å². The summed E-state index contributed by atoms with van der Waals surface area (Å²) in [7, 11) is 0. The Hall–Kier alpha value is -0.860. The summed E-state index contributed by atoms with van der Waals surface area (Å²) >= 11 is 0. The molecule has 1 fully saturated rings. The molecule has 82 valence electrons. The lowest BCUT2D eigenvalue weighted by molar-refractivity contribution is 0.0757. The monoisotopic (exact) mass is 205 g/mol. The maximum atomic E-state index is 5.74. The molecular weight excluding hydrogens is 186 g/mol. The van der Waals surface area contributed by atoms with Crippen LogP contribution in [-0.2, 0) is 11.3 Å². The van der Waals surface area contributed by atoms with Crippen LogP contribution in [0.15, 0.2) is 30.3 Å². The highest BCUT2D eigenvalue weighted by atomic mass is 16.5. The third-order valence-electron chi connectivity index (χ3n) is 3.15. The van der Waals surface area contributed by atoms with Crippen LogP contribution >= 0.6 is 0 Å². The molecule has 1 saturated carbocycles. The fourth-order valence-electron chi connectivity index (χ4n) is 1.91. The van der Waals surface area contributed by atoms with Gasteiger partial charge in [-0.2, -0.15) is 0 Å². The lowest BCUT2D eigenvalue weighted by atomic mass is 10.0. The Kier molecular flexibility index (Phi) is 3.39. The smallest absolute Gasteiger partial charge is 0.0717 e. The molecule has 0 amide bonds. The number of ether oxygens (including phenoxy) is 1. The molecule has 2 rings (SSSR count). The van der Waals surface area contributed by atoms with Gasteiger partial charge in [0.25, 0.3) is 0 Å². The highest BCUT2D eigenvalue weighted by Crippen LogP contribution is 2.48. The SMILES string of the molecule is NCCC1(COCc2ccccc2)CC1. The van der Waals surface area contributed by atoms with Gasteiger partial charge in [0.05, 0.1) is 13.2 Å². The van der Waals surface area contributed by atoms with E-state index in [0.29, 0.717) is 5.41 Å². The Bertz CT molecular complexity index is 293. The van der Waals surface area contributed by atoms with E-state index in [0.717, 1.165) is 26.2 Å². The van der Waals surface area contributed by atoms with Gasteiger partial charge in [-0.05, 0) is 36.8 Å². The van der Waals surface area contributed by atoms with Crippen molar-refractivity contribution >= 4 is 0 Å². The van der Waals surface area contributed by atoms with Gasteiger partial charge in [0.2, 0.25) is 0 Å². The highest BCUT2D eigenvalue weighted by molar-refractivity contribution is 5.13. The summed E-state index contributed by atoms with van der Waals surface area (Å²) in [4.78, 5) is 0. The Morgan fingerprint density at radius 2 is 1.93 bits per heavy atom. The largest absolute Gasteiger partial charge is 0.376 e. The van der Waals surface area contributed by atoms with Gasteiger partial charge in [0, 0.05) is 0 Å². The average Bonchev–Trinajstić information content (AvgIpc) is 3.00. The quantitative estimate of drug-likeness (QED) is 0.773. The molecule has 2 N–H and O–H groups in total. The highest BCUT2D eigenvalue weighted by Gasteiger charge is 2.41. The van der Waals surface area contributed by atoms with E-state index in [-0.39, 0.29) is 0 Å². The molecule has 0 unspecified atom stereocenters. The van der Waals surface area contributed by atoms with Crippen LogP contribution < -0.4 is 5.73 Å². The molecule has 0 bridgehead atoms. The van der Waals surface area contributed by atoms with Crippen LogP contribution in [0.25, 0.3) is 0 Å². The molecule has 1 aliphatic rings. The van der Waals surface area contributed by atoms with E-state index in [2.05, 4.69) is 12.1 Å². The van der Waals surface area contributed by atoms with Gasteiger partial charge in [0.1, 0.15) is 0 Å². The van der Waals surface area contributed by atoms with E-state index in [4.69, 9.17) is 10.5 Å². The minimum absolute atomic E-state index is 0.434. The molecule has 0 spiro atoms. The van der Waals surface area contributed by atoms with Gasteiger partial charge in [-0.1, -0.05) is 30.3 Å². The third-order valence-corrected chi connectivity index (χ3v) is 3.15. The Morgan fingerprint density at radius 1 is 1.20 bits per heavy atom. The first-order valence-corrected chi connectivity index (χ1v) is 5.66. The number of benzene rings is 1. The first-order valence-electron chi connectivity index (χ1n) is 5.66. The second-order valence-corrected chi connectivity index (χ2v) is 4.52. The van der Waals surface area contributed by atoms with Crippen molar-refractivity contribution < 1.29 is 4.74 Å². The first-order chi connectivity index (χ1) is 7.35. The van der Waals surface area contributed by atoms with Crippen LogP contribution in [0.2, 0.25) is 0 Å². The Balaban J connectivity index is 1.71. The summed E-state index contributed by atoms with van der Waals surface area (Å²) in [5.74, 6) is 0. The van der Waals surface area contributed by atoms with Crippen LogP contribution in [-0.4, -0.2) is 13.2 Å². The van der Waals surface area contributed by atoms with Crippen molar-refractivity contribution in [3.05, 3.63) is 35.9 Å². The van der Waals surface area contributed by atoms with Gasteiger partial charge < -0.3 is 10.5 Å². The van der Waals surface area contributed by atoms with Crippen molar-refractivity contribution in [2.45, 2.75) is 25.9 Å². The minimum Gasteiger partial charge on any atom is -0.376 e. The molecule has 1 aliphatic carbocycles. The van der Waals surface area contributed by atoms with Gasteiger partial charge in [0.15, 0.2) is 0 Å². The molecule has 2 nitrogen and oxygen atoms in total. The second-order valence-electron chi connectivity index (χ2n) is 4.52. The Morgan fingerprint density at radius 3 is 2.53 bits per heavy atom. The zero-order valence-electron chi connectivity index (χ0n) is 9.11. The van der Waals surface area contributed by atoms with Crippen LogP contribution in [0.3, 0.4) is 0 Å². The van der Waals surface area contributed by atoms with Gasteiger partial charge in [-0.3, -0.25) is 0 Å². The second kappa shape index (κ2) is 4.77. The van der Waals surface area contributed by atoms with E-state index in [1.54, 1.807) is 0 Å². The van der Waals surface area contributed by atoms with Crippen molar-refractivity contribution in [3.8, 4) is 0 Å². The molecule has 0 aromatic heterocycles. The van der Waals surface area contributed by atoms with Crippen molar-refractivity contribution in [1.29, 1.82) is 0 Å². The molecule has 0 atom stereocenters. The Labute approximate surface area is 91.4 Å². The standard InChI is InChI=1S/C13H19NO/c14-9-8-13(6-7-13)11-15-10-12-4-2-1-3-5-12/h1-5H,6-11,14H2. The van der Waals surface area contributed by atoms with Crippen LogP contribution in [0.5, 0.6) is 0 Å². The van der Waals surface area contributed by atoms with Gasteiger partial charge in [-0.25, -0.2) is 0 Å². The molecule has 15 heavy (non-hydrogen) atoms. The summed E-state index contributed by atoms with van der Waals surface area (Å²) in [6.07, 6.45) is 3.69. The van der Waals surface area contributed by atoms with Gasteiger partial charge in [-0.15, -0.1) is 0 Å². The first kappa shape index (κ1) is 10.7. The van der Waals surface area contributed by atoms with E-state index in [9.17, 15) is 0 Å². The van der Waals surface area contributed by atoms with Crippen LogP contribution in [0, 0.1) is 5.41 Å². The lowest BCUT2D eigenvalue weighted by Gasteiger charge is -2.13. The lowest BCUT2D eigenvalue weighted by Crippen LogP contribution is -2.15. The molecule has 0 saturated heterocycles. The topological polar surface area (TPSA) is 35.2 Å². The molecule has 1 aromatic rings.